The number of carbonyl (C=O) groups is 3. The van der Waals surface area contributed by atoms with Crippen molar-refractivity contribution in [3.05, 3.63) is 70.9 Å². The lowest BCUT2D eigenvalue weighted by atomic mass is 9.77. The van der Waals surface area contributed by atoms with E-state index in [9.17, 15) is 24.6 Å². The monoisotopic (exact) mass is 601 g/mol. The van der Waals surface area contributed by atoms with Crippen molar-refractivity contribution in [2.75, 3.05) is 26.8 Å². The van der Waals surface area contributed by atoms with Gasteiger partial charge in [0.2, 0.25) is 11.8 Å². The van der Waals surface area contributed by atoms with Gasteiger partial charge in [0.05, 0.1) is 25.7 Å². The third-order valence-electron chi connectivity index (χ3n) is 9.24. The minimum Gasteiger partial charge on any atom is -0.493 e. The Labute approximate surface area is 256 Å². The molecule has 1 saturated carbocycles. The van der Waals surface area contributed by atoms with Crippen LogP contribution in [0.5, 0.6) is 11.5 Å². The van der Waals surface area contributed by atoms with Crippen molar-refractivity contribution < 1.29 is 34.1 Å². The van der Waals surface area contributed by atoms with Crippen molar-refractivity contribution in [1.29, 1.82) is 0 Å². The van der Waals surface area contributed by atoms with Gasteiger partial charge in [-0.3, -0.25) is 14.4 Å². The first-order valence-electron chi connectivity index (χ1n) is 15.4. The van der Waals surface area contributed by atoms with E-state index in [1.54, 1.807) is 23.1 Å². The van der Waals surface area contributed by atoms with Crippen LogP contribution in [0.1, 0.15) is 59.6 Å². The van der Waals surface area contributed by atoms with Crippen LogP contribution in [-0.4, -0.2) is 83.3 Å². The van der Waals surface area contributed by atoms with E-state index < -0.39 is 30.1 Å². The van der Waals surface area contributed by atoms with Crippen molar-refractivity contribution in [2.24, 2.45) is 5.92 Å². The Morgan fingerprint density at radius 2 is 1.98 bits per heavy atom. The molecule has 4 atom stereocenters. The summed E-state index contributed by atoms with van der Waals surface area (Å²) in [6, 6.07) is 12.4. The minimum atomic E-state index is -1.17. The molecule has 10 nitrogen and oxygen atoms in total. The molecule has 2 aromatic carbocycles. The number of H-pyrrole nitrogens is 1. The second-order valence-corrected chi connectivity index (χ2v) is 12.0. The number of benzene rings is 2. The van der Waals surface area contributed by atoms with Crippen molar-refractivity contribution in [2.45, 2.75) is 62.7 Å². The Morgan fingerprint density at radius 3 is 2.70 bits per heavy atom. The predicted octanol–water partition coefficient (Wildman–Crippen LogP) is 3.26. The molecule has 3 aromatic rings. The molecule has 0 spiro atoms. The zero-order valence-corrected chi connectivity index (χ0v) is 24.8. The molecule has 3 aliphatic rings. The van der Waals surface area contributed by atoms with E-state index in [1.807, 2.05) is 24.3 Å². The van der Waals surface area contributed by atoms with Crippen LogP contribution in [0.2, 0.25) is 0 Å². The predicted molar refractivity (Wildman–Crippen MR) is 164 cm³/mol. The number of aromatic nitrogens is 1. The molecule has 232 valence electrons. The van der Waals surface area contributed by atoms with Crippen LogP contribution in [0.4, 0.5) is 0 Å². The Morgan fingerprint density at radius 1 is 1.18 bits per heavy atom. The second-order valence-electron chi connectivity index (χ2n) is 12.0. The van der Waals surface area contributed by atoms with Crippen LogP contribution in [0, 0.1) is 5.92 Å². The van der Waals surface area contributed by atoms with E-state index >= 15 is 0 Å². The summed E-state index contributed by atoms with van der Waals surface area (Å²) < 4.78 is 11.8. The average Bonchev–Trinajstić information content (AvgIpc) is 3.79. The molecule has 0 radical (unpaired) electrons. The third kappa shape index (κ3) is 5.71. The molecule has 6 rings (SSSR count). The first kappa shape index (κ1) is 29.9. The van der Waals surface area contributed by atoms with E-state index in [0.29, 0.717) is 59.8 Å². The van der Waals surface area contributed by atoms with Crippen LogP contribution >= 0.6 is 0 Å². The smallest absolute Gasteiger partial charge is 0.247 e. The lowest BCUT2D eigenvalue weighted by Crippen LogP contribution is -2.56. The van der Waals surface area contributed by atoms with Crippen LogP contribution < -0.4 is 14.8 Å². The number of nitrogens with zero attached hydrogens (tertiary/aromatic N) is 1. The molecule has 2 amide bonds. The van der Waals surface area contributed by atoms with Gasteiger partial charge >= 0.3 is 0 Å². The van der Waals surface area contributed by atoms with Gasteiger partial charge in [-0.2, -0.15) is 0 Å². The van der Waals surface area contributed by atoms with Gasteiger partial charge < -0.3 is 34.9 Å². The summed E-state index contributed by atoms with van der Waals surface area (Å²) in [5.41, 5.74) is 3.19. The molecule has 1 aliphatic heterocycles. The number of para-hydroxylation sites is 1. The van der Waals surface area contributed by atoms with Gasteiger partial charge in [-0.1, -0.05) is 31.0 Å². The molecule has 2 heterocycles. The molecule has 1 fully saturated rings. The summed E-state index contributed by atoms with van der Waals surface area (Å²) in [5.74, 6) is -0.235. The topological polar surface area (TPSA) is 141 Å². The Hall–Kier alpha value is -4.15. The fourth-order valence-electron chi connectivity index (χ4n) is 7.09. The molecular formula is C34H39N3O7. The maximum absolute atomic E-state index is 14.0. The summed E-state index contributed by atoms with van der Waals surface area (Å²) in [6.07, 6.45) is 5.42. The number of aliphatic hydroxyl groups excluding tert-OH is 2. The zero-order valence-electron chi connectivity index (χ0n) is 24.8. The standard InChI is InChI=1S/C34H39N3O7/c1-43-28-15-21(19-39)14-24-30-25(34(42)35-11-13-38)18-27(31(41)33(30)44-32(24)28)37(29(40)16-20-6-2-3-7-20)12-10-23-17-22-8-4-5-9-26(22)36-23/h4-5,8-9,14-15,17-20,27,30-31,33,36,38,41H,2-3,6-7,10-13,16H2,1H3,(H,35,42)/t27-,30+,31+,33+/m1/s1. The highest BCUT2D eigenvalue weighted by atomic mass is 16.5. The van der Waals surface area contributed by atoms with Gasteiger partial charge in [0.1, 0.15) is 18.5 Å². The number of fused-ring (bicyclic) bond motifs is 4. The zero-order chi connectivity index (χ0) is 30.8. The maximum atomic E-state index is 14.0. The molecule has 10 heteroatoms. The molecule has 1 aromatic heterocycles. The number of aliphatic hydroxyl groups is 2. The van der Waals surface area contributed by atoms with E-state index in [-0.39, 0.29) is 19.1 Å². The Balaban J connectivity index is 1.38. The van der Waals surface area contributed by atoms with Crippen LogP contribution in [0.15, 0.2) is 54.1 Å². The van der Waals surface area contributed by atoms with Crippen molar-refractivity contribution in [3.8, 4) is 11.5 Å². The van der Waals surface area contributed by atoms with Crippen molar-refractivity contribution >= 4 is 29.0 Å². The molecule has 0 unspecified atom stereocenters. The quantitative estimate of drug-likeness (QED) is 0.247. The largest absolute Gasteiger partial charge is 0.493 e. The summed E-state index contributed by atoms with van der Waals surface area (Å²) in [7, 11) is 1.47. The SMILES string of the molecule is COc1cc(C=O)cc2c1O[C@@H]1[C@@H](O)[C@H](N(CCc3cc4ccccc4[nH]3)C(=O)CC3CCCC3)C=C(C(=O)NCCO)[C@H]21. The lowest BCUT2D eigenvalue weighted by molar-refractivity contribution is -0.138. The van der Waals surface area contributed by atoms with Gasteiger partial charge in [-0.05, 0) is 54.5 Å². The highest BCUT2D eigenvalue weighted by Crippen LogP contribution is 2.51. The molecule has 0 saturated heterocycles. The summed E-state index contributed by atoms with van der Waals surface area (Å²) in [5, 5.41) is 25.1. The maximum Gasteiger partial charge on any atom is 0.247 e. The van der Waals surface area contributed by atoms with Crippen molar-refractivity contribution in [1.82, 2.24) is 15.2 Å². The van der Waals surface area contributed by atoms with Crippen LogP contribution in [-0.2, 0) is 16.0 Å². The average molecular weight is 602 g/mol. The van der Waals surface area contributed by atoms with Gasteiger partial charge in [0, 0.05) is 53.8 Å². The number of amides is 2. The number of rotatable bonds is 11. The first-order valence-corrected chi connectivity index (χ1v) is 15.4. The van der Waals surface area contributed by atoms with Crippen LogP contribution in [0.25, 0.3) is 10.9 Å². The first-order chi connectivity index (χ1) is 21.4. The second kappa shape index (κ2) is 12.8. The molecule has 4 N–H and O–H groups in total. The third-order valence-corrected chi connectivity index (χ3v) is 9.24. The Bertz CT molecular complexity index is 1540. The summed E-state index contributed by atoms with van der Waals surface area (Å²) in [4.78, 5) is 44.5. The highest BCUT2D eigenvalue weighted by molar-refractivity contribution is 5.96. The molecule has 44 heavy (non-hydrogen) atoms. The van der Waals surface area contributed by atoms with E-state index in [0.717, 1.165) is 42.3 Å². The molecule has 2 aliphatic carbocycles. The minimum absolute atomic E-state index is 0.0386. The molecule has 0 bridgehead atoms. The van der Waals surface area contributed by atoms with E-state index in [2.05, 4.69) is 16.4 Å². The van der Waals surface area contributed by atoms with Crippen molar-refractivity contribution in [3.63, 3.8) is 0 Å². The number of methoxy groups -OCH3 is 1. The number of aromatic amines is 1. The van der Waals surface area contributed by atoms with E-state index in [1.165, 1.54) is 7.11 Å². The summed E-state index contributed by atoms with van der Waals surface area (Å²) in [6.45, 7) is 0.119. The van der Waals surface area contributed by atoms with Crippen LogP contribution in [0.3, 0.4) is 0 Å². The van der Waals surface area contributed by atoms with Gasteiger partial charge in [0.25, 0.3) is 0 Å². The molecular weight excluding hydrogens is 562 g/mol. The number of ether oxygens (including phenoxy) is 2. The number of carbonyl (C=O) groups excluding carboxylic acids is 3. The number of aldehydes is 1. The number of hydrogen-bond acceptors (Lipinski definition) is 7. The Kier molecular flexibility index (Phi) is 8.72. The van der Waals surface area contributed by atoms with E-state index in [4.69, 9.17) is 9.47 Å². The van der Waals surface area contributed by atoms with Gasteiger partial charge in [-0.25, -0.2) is 0 Å². The number of hydrogen-bond donors (Lipinski definition) is 4. The fraction of sp³-hybridized carbons (Fsp3) is 0.441. The van der Waals surface area contributed by atoms with Gasteiger partial charge in [0.15, 0.2) is 11.5 Å². The highest BCUT2D eigenvalue weighted by Gasteiger charge is 2.51. The van der Waals surface area contributed by atoms with Gasteiger partial charge in [-0.15, -0.1) is 0 Å². The summed E-state index contributed by atoms with van der Waals surface area (Å²) >= 11 is 0. The fourth-order valence-corrected chi connectivity index (χ4v) is 7.09. The number of nitrogens with one attached hydrogen (secondary N) is 2. The normalized spacial score (nSPS) is 22.6. The lowest BCUT2D eigenvalue weighted by Gasteiger charge is -2.41.